The Labute approximate surface area is 112 Å². The molecule has 18 heavy (non-hydrogen) atoms. The molecule has 0 fully saturated rings. The zero-order valence-corrected chi connectivity index (χ0v) is 11.5. The van der Waals surface area contributed by atoms with E-state index in [1.54, 1.807) is 18.9 Å². The standard InChI is InChI=1S/C15H17NOS/c1-16-11-12-3-7-14(8-4-12)18-15-9-5-13(17-2)6-10-15/h3-10,16H,11H2,1-2H3. The van der Waals surface area contributed by atoms with Crippen LogP contribution in [0, 0.1) is 0 Å². The van der Waals surface area contributed by atoms with E-state index in [9.17, 15) is 0 Å². The molecule has 0 radical (unpaired) electrons. The van der Waals surface area contributed by atoms with Crippen molar-refractivity contribution in [3.05, 3.63) is 54.1 Å². The summed E-state index contributed by atoms with van der Waals surface area (Å²) in [5, 5.41) is 3.15. The fourth-order valence-corrected chi connectivity index (χ4v) is 2.48. The first-order valence-corrected chi connectivity index (χ1v) is 6.69. The molecule has 3 heteroatoms. The van der Waals surface area contributed by atoms with Crippen LogP contribution >= 0.6 is 11.8 Å². The second-order valence-corrected chi connectivity index (χ2v) is 5.10. The number of hydrogen-bond donors (Lipinski definition) is 1. The van der Waals surface area contributed by atoms with Gasteiger partial charge in [0.05, 0.1) is 7.11 Å². The van der Waals surface area contributed by atoms with Gasteiger partial charge in [0.15, 0.2) is 0 Å². The van der Waals surface area contributed by atoms with Gasteiger partial charge in [-0.05, 0) is 49.0 Å². The molecule has 2 rings (SSSR count). The van der Waals surface area contributed by atoms with E-state index in [2.05, 4.69) is 41.7 Å². The summed E-state index contributed by atoms with van der Waals surface area (Å²) in [7, 11) is 3.64. The monoisotopic (exact) mass is 259 g/mol. The van der Waals surface area contributed by atoms with E-state index in [-0.39, 0.29) is 0 Å². The van der Waals surface area contributed by atoms with Crippen molar-refractivity contribution in [1.29, 1.82) is 0 Å². The summed E-state index contributed by atoms with van der Waals surface area (Å²) >= 11 is 1.76. The highest BCUT2D eigenvalue weighted by Gasteiger charge is 1.98. The van der Waals surface area contributed by atoms with E-state index in [4.69, 9.17) is 4.74 Å². The second-order valence-electron chi connectivity index (χ2n) is 3.95. The Morgan fingerprint density at radius 2 is 1.50 bits per heavy atom. The first-order chi connectivity index (χ1) is 8.81. The molecule has 0 spiro atoms. The quantitative estimate of drug-likeness (QED) is 0.887. The Kier molecular flexibility index (Phi) is 4.67. The lowest BCUT2D eigenvalue weighted by Gasteiger charge is -2.05. The molecule has 0 atom stereocenters. The van der Waals surface area contributed by atoms with E-state index < -0.39 is 0 Å². The van der Waals surface area contributed by atoms with E-state index in [1.165, 1.54) is 15.4 Å². The molecule has 0 saturated carbocycles. The van der Waals surface area contributed by atoms with Gasteiger partial charge in [-0.3, -0.25) is 0 Å². The minimum absolute atomic E-state index is 0.892. The first-order valence-electron chi connectivity index (χ1n) is 5.87. The lowest BCUT2D eigenvalue weighted by molar-refractivity contribution is 0.414. The molecular weight excluding hydrogens is 242 g/mol. The minimum Gasteiger partial charge on any atom is -0.497 e. The van der Waals surface area contributed by atoms with Crippen molar-refractivity contribution >= 4 is 11.8 Å². The fourth-order valence-electron chi connectivity index (χ4n) is 1.66. The third-order valence-electron chi connectivity index (χ3n) is 2.60. The van der Waals surface area contributed by atoms with Crippen molar-refractivity contribution in [2.24, 2.45) is 0 Å². The van der Waals surface area contributed by atoms with Crippen LogP contribution in [-0.4, -0.2) is 14.2 Å². The Morgan fingerprint density at radius 3 is 2.00 bits per heavy atom. The van der Waals surface area contributed by atoms with Crippen molar-refractivity contribution in [3.8, 4) is 5.75 Å². The van der Waals surface area contributed by atoms with Crippen LogP contribution in [0.3, 0.4) is 0 Å². The summed E-state index contributed by atoms with van der Waals surface area (Å²) < 4.78 is 5.15. The number of methoxy groups -OCH3 is 1. The van der Waals surface area contributed by atoms with Crippen LogP contribution < -0.4 is 10.1 Å². The van der Waals surface area contributed by atoms with Crippen LogP contribution in [-0.2, 0) is 6.54 Å². The smallest absolute Gasteiger partial charge is 0.118 e. The zero-order valence-electron chi connectivity index (χ0n) is 10.6. The molecule has 2 aromatic rings. The number of hydrogen-bond acceptors (Lipinski definition) is 3. The van der Waals surface area contributed by atoms with Gasteiger partial charge in [-0.2, -0.15) is 0 Å². The van der Waals surface area contributed by atoms with Crippen LogP contribution in [0.1, 0.15) is 5.56 Å². The van der Waals surface area contributed by atoms with Crippen LogP contribution in [0.5, 0.6) is 5.75 Å². The Bertz CT molecular complexity index is 479. The van der Waals surface area contributed by atoms with Crippen LogP contribution in [0.15, 0.2) is 58.3 Å². The molecule has 0 aliphatic rings. The normalized spacial score (nSPS) is 10.3. The summed E-state index contributed by atoms with van der Waals surface area (Å²) in [6, 6.07) is 16.7. The third kappa shape index (κ3) is 3.52. The molecule has 0 aliphatic heterocycles. The van der Waals surface area contributed by atoms with Crippen molar-refractivity contribution in [2.75, 3.05) is 14.2 Å². The highest BCUT2D eigenvalue weighted by Crippen LogP contribution is 2.29. The van der Waals surface area contributed by atoms with Gasteiger partial charge < -0.3 is 10.1 Å². The molecule has 0 aliphatic carbocycles. The average Bonchev–Trinajstić information content (AvgIpc) is 2.42. The molecule has 0 unspecified atom stereocenters. The topological polar surface area (TPSA) is 21.3 Å². The maximum atomic E-state index is 5.15. The molecule has 1 N–H and O–H groups in total. The highest BCUT2D eigenvalue weighted by molar-refractivity contribution is 7.99. The third-order valence-corrected chi connectivity index (χ3v) is 3.62. The molecule has 94 valence electrons. The molecule has 0 bridgehead atoms. The number of rotatable bonds is 5. The molecule has 0 heterocycles. The second kappa shape index (κ2) is 6.47. The van der Waals surface area contributed by atoms with Gasteiger partial charge in [0.25, 0.3) is 0 Å². The maximum absolute atomic E-state index is 5.15. The summed E-state index contributed by atoms with van der Waals surface area (Å²) in [6.07, 6.45) is 0. The van der Waals surface area contributed by atoms with Gasteiger partial charge in [-0.15, -0.1) is 0 Å². The van der Waals surface area contributed by atoms with Crippen LogP contribution in [0.2, 0.25) is 0 Å². The maximum Gasteiger partial charge on any atom is 0.118 e. The largest absolute Gasteiger partial charge is 0.497 e. The molecule has 2 nitrogen and oxygen atoms in total. The molecule has 0 saturated heterocycles. The van der Waals surface area contributed by atoms with Crippen molar-refractivity contribution < 1.29 is 4.74 Å². The molecule has 2 aromatic carbocycles. The summed E-state index contributed by atoms with van der Waals surface area (Å²) in [4.78, 5) is 2.47. The Balaban J connectivity index is 2.03. The van der Waals surface area contributed by atoms with Crippen molar-refractivity contribution in [2.45, 2.75) is 16.3 Å². The lowest BCUT2D eigenvalue weighted by atomic mass is 10.2. The lowest BCUT2D eigenvalue weighted by Crippen LogP contribution is -2.04. The predicted octanol–water partition coefficient (Wildman–Crippen LogP) is 3.57. The van der Waals surface area contributed by atoms with Gasteiger partial charge in [0.2, 0.25) is 0 Å². The van der Waals surface area contributed by atoms with Gasteiger partial charge in [0.1, 0.15) is 5.75 Å². The van der Waals surface area contributed by atoms with Gasteiger partial charge >= 0.3 is 0 Å². The van der Waals surface area contributed by atoms with Crippen LogP contribution in [0.25, 0.3) is 0 Å². The van der Waals surface area contributed by atoms with Crippen LogP contribution in [0.4, 0.5) is 0 Å². The zero-order chi connectivity index (χ0) is 12.8. The Hall–Kier alpha value is -1.45. The van der Waals surface area contributed by atoms with Gasteiger partial charge in [-0.25, -0.2) is 0 Å². The molecule has 0 aromatic heterocycles. The minimum atomic E-state index is 0.892. The highest BCUT2D eigenvalue weighted by atomic mass is 32.2. The van der Waals surface area contributed by atoms with E-state index >= 15 is 0 Å². The first kappa shape index (κ1) is 13.0. The van der Waals surface area contributed by atoms with E-state index in [0.29, 0.717) is 0 Å². The number of ether oxygens (including phenoxy) is 1. The van der Waals surface area contributed by atoms with E-state index in [1.807, 2.05) is 19.2 Å². The van der Waals surface area contributed by atoms with E-state index in [0.717, 1.165) is 12.3 Å². The number of benzene rings is 2. The number of nitrogens with one attached hydrogen (secondary N) is 1. The predicted molar refractivity (Wildman–Crippen MR) is 76.3 cm³/mol. The fraction of sp³-hybridized carbons (Fsp3) is 0.200. The van der Waals surface area contributed by atoms with Gasteiger partial charge in [0, 0.05) is 16.3 Å². The summed E-state index contributed by atoms with van der Waals surface area (Å²) in [5.74, 6) is 0.892. The summed E-state index contributed by atoms with van der Waals surface area (Å²) in [5.41, 5.74) is 1.30. The Morgan fingerprint density at radius 1 is 0.944 bits per heavy atom. The molecule has 0 amide bonds. The molecular formula is C15H17NOS. The van der Waals surface area contributed by atoms with Gasteiger partial charge in [-0.1, -0.05) is 23.9 Å². The van der Waals surface area contributed by atoms with Crippen molar-refractivity contribution in [1.82, 2.24) is 5.32 Å². The SMILES string of the molecule is CNCc1ccc(Sc2ccc(OC)cc2)cc1. The average molecular weight is 259 g/mol. The van der Waals surface area contributed by atoms with Crippen molar-refractivity contribution in [3.63, 3.8) is 0 Å². The summed E-state index contributed by atoms with van der Waals surface area (Å²) in [6.45, 7) is 0.910.